The molecule has 2 aliphatic rings. The quantitative estimate of drug-likeness (QED) is 0.223. The van der Waals surface area contributed by atoms with Crippen LogP contribution in [0, 0.1) is 0 Å². The Balaban J connectivity index is 1.51. The molecule has 2 heterocycles. The van der Waals surface area contributed by atoms with Crippen LogP contribution in [-0.2, 0) is 12.8 Å². The fourth-order valence-corrected chi connectivity index (χ4v) is 11.0. The van der Waals surface area contributed by atoms with Crippen molar-refractivity contribution in [3.63, 3.8) is 0 Å². The van der Waals surface area contributed by atoms with E-state index in [1.165, 1.54) is 44.3 Å². The smallest absolute Gasteiger partial charge is 0.144 e. The van der Waals surface area contributed by atoms with Crippen LogP contribution in [0.1, 0.15) is 22.3 Å². The first-order valence-electron chi connectivity index (χ1n) is 11.9. The fraction of sp³-hybridized carbons (Fsp3) is 0.0667. The van der Waals surface area contributed by atoms with Gasteiger partial charge in [-0.2, -0.15) is 0 Å². The number of hydrazine groups is 1. The van der Waals surface area contributed by atoms with Gasteiger partial charge in [0.1, 0.15) is 14.9 Å². The zero-order valence-electron chi connectivity index (χ0n) is 19.5. The predicted octanol–water partition coefficient (Wildman–Crippen LogP) is 9.86. The maximum atomic E-state index is 7.46. The van der Waals surface area contributed by atoms with Crippen molar-refractivity contribution >= 4 is 48.0 Å². The van der Waals surface area contributed by atoms with Crippen LogP contribution in [0.15, 0.2) is 133 Å². The summed E-state index contributed by atoms with van der Waals surface area (Å²) in [6.07, 6.45) is 1.55. The summed E-state index contributed by atoms with van der Waals surface area (Å²) in [7, 11) is -2.35. The molecule has 2 atom stereocenters. The van der Waals surface area contributed by atoms with Crippen LogP contribution in [-0.4, -0.2) is 9.56 Å². The Bertz CT molecular complexity index is 1300. The third-order valence-electron chi connectivity index (χ3n) is 6.43. The van der Waals surface area contributed by atoms with E-state index in [0.717, 1.165) is 12.8 Å². The first-order valence-corrected chi connectivity index (χ1v) is 16.3. The second-order valence-corrected chi connectivity index (χ2v) is 13.4. The highest BCUT2D eigenvalue weighted by molar-refractivity contribution is 7.94. The lowest BCUT2D eigenvalue weighted by atomic mass is 10.1. The molecule has 0 N–H and O–H groups in total. The first-order chi connectivity index (χ1) is 17.7. The second kappa shape index (κ2) is 10.4. The van der Waals surface area contributed by atoms with Crippen LogP contribution in [0.4, 0.5) is 0 Å². The maximum absolute atomic E-state index is 7.46. The van der Waals surface area contributed by atoms with E-state index < -0.39 is 14.9 Å². The number of fused-ring (bicyclic) bond motifs is 1. The van der Waals surface area contributed by atoms with Gasteiger partial charge in [0.2, 0.25) is 0 Å². The summed E-state index contributed by atoms with van der Waals surface area (Å²) in [6.45, 7) is 0. The topological polar surface area (TPSA) is 6.48 Å². The standard InChI is InChI=1S/C30H24Cl2N2P2/c31-35-29(25-17-9-3-10-18-25)27(21-23-13-5-1-6-14-23)33-34(35)28(22-24-15-7-2-8-16-24)30(36(33)32)26-19-11-4-12-20-26/h1-20H,21-22H2. The van der Waals surface area contributed by atoms with Gasteiger partial charge in [0.15, 0.2) is 0 Å². The molecule has 0 saturated heterocycles. The van der Waals surface area contributed by atoms with E-state index >= 15 is 0 Å². The fourth-order valence-electron chi connectivity index (χ4n) is 4.81. The van der Waals surface area contributed by atoms with Crippen molar-refractivity contribution < 1.29 is 0 Å². The lowest BCUT2D eigenvalue weighted by Gasteiger charge is -2.31. The second-order valence-electron chi connectivity index (χ2n) is 8.75. The van der Waals surface area contributed by atoms with E-state index in [9.17, 15) is 0 Å². The maximum Gasteiger partial charge on any atom is 0.144 e. The van der Waals surface area contributed by atoms with Crippen molar-refractivity contribution in [2.24, 2.45) is 0 Å². The number of allylic oxidation sites excluding steroid dienone is 2. The average molecular weight is 545 g/mol. The van der Waals surface area contributed by atoms with Crippen molar-refractivity contribution in [2.45, 2.75) is 12.8 Å². The molecule has 0 aliphatic carbocycles. The summed E-state index contributed by atoms with van der Waals surface area (Å²) < 4.78 is 4.65. The van der Waals surface area contributed by atoms with Gasteiger partial charge >= 0.3 is 0 Å². The Morgan fingerprint density at radius 2 is 0.750 bits per heavy atom. The van der Waals surface area contributed by atoms with E-state index in [1.54, 1.807) is 0 Å². The number of benzene rings is 4. The minimum atomic E-state index is -1.17. The van der Waals surface area contributed by atoms with Crippen molar-refractivity contribution in [3.8, 4) is 0 Å². The highest BCUT2D eigenvalue weighted by atomic mass is 35.7. The van der Waals surface area contributed by atoms with Gasteiger partial charge in [0.05, 0.1) is 11.4 Å². The summed E-state index contributed by atoms with van der Waals surface area (Å²) in [6, 6.07) is 42.3. The zero-order chi connectivity index (χ0) is 24.5. The van der Waals surface area contributed by atoms with Crippen LogP contribution in [0.2, 0.25) is 0 Å². The molecule has 2 unspecified atom stereocenters. The van der Waals surface area contributed by atoms with Crippen molar-refractivity contribution in [3.05, 3.63) is 155 Å². The number of nitrogens with zero attached hydrogens (tertiary/aromatic N) is 2. The van der Waals surface area contributed by atoms with Crippen molar-refractivity contribution in [2.75, 3.05) is 0 Å². The van der Waals surface area contributed by atoms with Gasteiger partial charge < -0.3 is 0 Å². The first kappa shape index (κ1) is 23.8. The molecule has 6 rings (SSSR count). The van der Waals surface area contributed by atoms with Gasteiger partial charge in [-0.05, 0) is 22.3 Å². The van der Waals surface area contributed by atoms with Crippen molar-refractivity contribution in [1.82, 2.24) is 9.56 Å². The van der Waals surface area contributed by atoms with Crippen LogP contribution >= 0.6 is 37.3 Å². The van der Waals surface area contributed by atoms with Crippen LogP contribution in [0.25, 0.3) is 10.6 Å². The molecule has 0 saturated carbocycles. The third-order valence-corrected chi connectivity index (χ3v) is 11.7. The molecular formula is C30H24Cl2N2P2. The Labute approximate surface area is 224 Å². The molecule has 0 spiro atoms. The molecule has 0 bridgehead atoms. The van der Waals surface area contributed by atoms with Crippen LogP contribution in [0.5, 0.6) is 0 Å². The Hall–Kier alpha value is -2.60. The van der Waals surface area contributed by atoms with E-state index in [0.29, 0.717) is 0 Å². The minimum absolute atomic E-state index is 0.777. The molecule has 0 amide bonds. The van der Waals surface area contributed by atoms with Gasteiger partial charge in [-0.1, -0.05) is 144 Å². The lowest BCUT2D eigenvalue weighted by Crippen LogP contribution is -2.24. The predicted molar refractivity (Wildman–Crippen MR) is 156 cm³/mol. The summed E-state index contributed by atoms with van der Waals surface area (Å²) >= 11 is 14.9. The highest BCUT2D eigenvalue weighted by Crippen LogP contribution is 2.79. The molecule has 4 aromatic rings. The Morgan fingerprint density at radius 1 is 0.444 bits per heavy atom. The average Bonchev–Trinajstić information content (AvgIpc) is 3.37. The molecule has 0 aromatic heterocycles. The number of hydrogen-bond donors (Lipinski definition) is 0. The monoisotopic (exact) mass is 544 g/mol. The molecule has 0 radical (unpaired) electrons. The zero-order valence-corrected chi connectivity index (χ0v) is 22.8. The molecule has 36 heavy (non-hydrogen) atoms. The Morgan fingerprint density at radius 3 is 1.08 bits per heavy atom. The van der Waals surface area contributed by atoms with E-state index in [1.807, 2.05) is 0 Å². The van der Waals surface area contributed by atoms with Gasteiger partial charge in [-0.15, -0.1) is 0 Å². The number of rotatable bonds is 6. The largest absolute Gasteiger partial charge is 0.243 e. The molecular weight excluding hydrogens is 521 g/mol. The van der Waals surface area contributed by atoms with Gasteiger partial charge in [0.25, 0.3) is 0 Å². The number of hydrogen-bond acceptors (Lipinski definition) is 2. The minimum Gasteiger partial charge on any atom is -0.243 e. The lowest BCUT2D eigenvalue weighted by molar-refractivity contribution is 0.305. The SMILES string of the molecule is ClP1C(c2ccccc2)=C(Cc2ccccc2)N2N1C(Cc1ccccc1)=C(c1ccccc1)P2Cl. The summed E-state index contributed by atoms with van der Waals surface area (Å²) in [4.78, 5) is 0. The van der Waals surface area contributed by atoms with Gasteiger partial charge in [-0.25, -0.2) is 9.56 Å². The summed E-state index contributed by atoms with van der Waals surface area (Å²) in [5.74, 6) is 0. The number of halogens is 2. The van der Waals surface area contributed by atoms with Crippen LogP contribution < -0.4 is 0 Å². The molecule has 6 heteroatoms. The van der Waals surface area contributed by atoms with E-state index in [2.05, 4.69) is 131 Å². The summed E-state index contributed by atoms with van der Waals surface area (Å²) in [5, 5.41) is 2.39. The third kappa shape index (κ3) is 4.38. The highest BCUT2D eigenvalue weighted by Gasteiger charge is 2.50. The normalized spacial score (nSPS) is 19.3. The van der Waals surface area contributed by atoms with Crippen molar-refractivity contribution in [1.29, 1.82) is 0 Å². The van der Waals surface area contributed by atoms with E-state index in [4.69, 9.17) is 22.5 Å². The molecule has 178 valence electrons. The molecule has 0 fully saturated rings. The Kier molecular flexibility index (Phi) is 6.87. The van der Waals surface area contributed by atoms with Crippen LogP contribution in [0.3, 0.4) is 0 Å². The van der Waals surface area contributed by atoms with E-state index in [-0.39, 0.29) is 0 Å². The summed E-state index contributed by atoms with van der Waals surface area (Å²) in [5.41, 5.74) is 7.23. The molecule has 4 aromatic carbocycles. The van der Waals surface area contributed by atoms with Gasteiger partial charge in [-0.3, -0.25) is 0 Å². The molecule has 2 aliphatic heterocycles. The molecule has 2 nitrogen and oxygen atoms in total. The van der Waals surface area contributed by atoms with Gasteiger partial charge in [0, 0.05) is 23.5 Å².